The van der Waals surface area contributed by atoms with E-state index in [1.807, 2.05) is 53.2 Å². The van der Waals surface area contributed by atoms with Gasteiger partial charge in [-0.05, 0) is 55.0 Å². The first-order valence-electron chi connectivity index (χ1n) is 12.2. The summed E-state index contributed by atoms with van der Waals surface area (Å²) in [5, 5.41) is 18.4. The number of aromatic nitrogens is 2. The van der Waals surface area contributed by atoms with Gasteiger partial charge in [0.15, 0.2) is 6.23 Å². The summed E-state index contributed by atoms with van der Waals surface area (Å²) in [4.78, 5) is 13.2. The lowest BCUT2D eigenvalue weighted by atomic mass is 10.0. The SMILES string of the molecule is N#CC1CCC(n2nc(-c3cccc(C(=O)N[C@@H]4CCc5ccccc54)c3)c3ccccc32)OC1. The number of fused-ring (bicyclic) bond motifs is 2. The van der Waals surface area contributed by atoms with E-state index >= 15 is 0 Å². The zero-order valence-corrected chi connectivity index (χ0v) is 19.4. The predicted octanol–water partition coefficient (Wildman–Crippen LogP) is 5.57. The summed E-state index contributed by atoms with van der Waals surface area (Å²) in [5.41, 5.74) is 5.86. The van der Waals surface area contributed by atoms with Gasteiger partial charge in [-0.15, -0.1) is 0 Å². The van der Waals surface area contributed by atoms with Crippen molar-refractivity contribution in [2.45, 2.75) is 38.0 Å². The lowest BCUT2D eigenvalue weighted by molar-refractivity contribution is -0.0515. The number of rotatable bonds is 4. The van der Waals surface area contributed by atoms with Crippen LogP contribution in [-0.2, 0) is 11.2 Å². The molecule has 1 aliphatic carbocycles. The van der Waals surface area contributed by atoms with Crippen LogP contribution in [0.3, 0.4) is 0 Å². The number of aryl methyl sites for hydroxylation is 1. The van der Waals surface area contributed by atoms with Crippen LogP contribution in [0.15, 0.2) is 72.8 Å². The Morgan fingerprint density at radius 2 is 1.89 bits per heavy atom. The second-order valence-corrected chi connectivity index (χ2v) is 9.35. The molecule has 1 aromatic heterocycles. The molecule has 6 heteroatoms. The molecule has 1 aliphatic heterocycles. The summed E-state index contributed by atoms with van der Waals surface area (Å²) in [5.74, 6) is -0.134. The molecule has 3 atom stereocenters. The minimum Gasteiger partial charge on any atom is -0.355 e. The molecule has 35 heavy (non-hydrogen) atoms. The van der Waals surface area contributed by atoms with Crippen LogP contribution < -0.4 is 5.32 Å². The smallest absolute Gasteiger partial charge is 0.251 e. The Morgan fingerprint density at radius 1 is 1.03 bits per heavy atom. The molecular formula is C29H26N4O2. The molecule has 1 N–H and O–H groups in total. The molecule has 6 nitrogen and oxygen atoms in total. The lowest BCUT2D eigenvalue weighted by Gasteiger charge is -2.26. The van der Waals surface area contributed by atoms with Crippen molar-refractivity contribution in [3.63, 3.8) is 0 Å². The number of hydrogen-bond acceptors (Lipinski definition) is 4. The number of benzene rings is 3. The van der Waals surface area contributed by atoms with Crippen LogP contribution >= 0.6 is 0 Å². The van der Waals surface area contributed by atoms with Gasteiger partial charge in [0.2, 0.25) is 0 Å². The molecule has 0 saturated carbocycles. The Bertz CT molecular complexity index is 1440. The number of para-hydroxylation sites is 1. The van der Waals surface area contributed by atoms with E-state index in [1.54, 1.807) is 0 Å². The number of nitrogens with zero attached hydrogens (tertiary/aromatic N) is 3. The normalized spacial score (nSPS) is 21.4. The maximum absolute atomic E-state index is 13.2. The van der Waals surface area contributed by atoms with Crippen LogP contribution in [0.1, 0.15) is 53.0 Å². The number of hydrogen-bond donors (Lipinski definition) is 1. The van der Waals surface area contributed by atoms with Crippen molar-refractivity contribution in [1.29, 1.82) is 5.26 Å². The first-order valence-corrected chi connectivity index (χ1v) is 12.2. The van der Waals surface area contributed by atoms with Gasteiger partial charge in [-0.25, -0.2) is 4.68 Å². The Kier molecular flexibility index (Phi) is 5.55. The van der Waals surface area contributed by atoms with E-state index in [-0.39, 0.29) is 24.1 Å². The van der Waals surface area contributed by atoms with Gasteiger partial charge in [0.25, 0.3) is 5.91 Å². The zero-order chi connectivity index (χ0) is 23.8. The van der Waals surface area contributed by atoms with E-state index in [1.165, 1.54) is 11.1 Å². The molecule has 3 aromatic carbocycles. The molecular weight excluding hydrogens is 436 g/mol. The summed E-state index contributed by atoms with van der Waals surface area (Å²) >= 11 is 0. The van der Waals surface area contributed by atoms with Crippen molar-refractivity contribution in [3.8, 4) is 17.3 Å². The van der Waals surface area contributed by atoms with Crippen molar-refractivity contribution in [3.05, 3.63) is 89.5 Å². The molecule has 1 fully saturated rings. The maximum atomic E-state index is 13.2. The summed E-state index contributed by atoms with van der Waals surface area (Å²) in [6.45, 7) is 0.421. The first-order chi connectivity index (χ1) is 17.2. The number of nitriles is 1. The third-order valence-electron chi connectivity index (χ3n) is 7.16. The minimum absolute atomic E-state index is 0.0445. The molecule has 1 amide bonds. The molecule has 2 aliphatic rings. The standard InChI is InChI=1S/C29H26N4O2/c30-17-19-12-15-27(35-18-19)33-26-11-4-3-10-24(26)28(32-33)21-7-5-8-22(16-21)29(34)31-25-14-13-20-6-1-2-9-23(20)25/h1-11,16,19,25,27H,12-15,18H2,(H,31,34)/t19?,25-,27?/m1/s1. The second-order valence-electron chi connectivity index (χ2n) is 9.35. The van der Waals surface area contributed by atoms with E-state index in [0.29, 0.717) is 12.2 Å². The Hall–Kier alpha value is -3.95. The van der Waals surface area contributed by atoms with Gasteiger partial charge in [0.1, 0.15) is 5.69 Å². The van der Waals surface area contributed by atoms with E-state index < -0.39 is 0 Å². The molecule has 0 spiro atoms. The number of carbonyl (C=O) groups excluding carboxylic acids is 1. The Balaban J connectivity index is 1.30. The highest BCUT2D eigenvalue weighted by molar-refractivity contribution is 5.98. The highest BCUT2D eigenvalue weighted by Crippen LogP contribution is 2.34. The molecule has 2 heterocycles. The quantitative estimate of drug-likeness (QED) is 0.430. The average Bonchev–Trinajstić information content (AvgIpc) is 3.51. The van der Waals surface area contributed by atoms with Crippen molar-refractivity contribution in [2.75, 3.05) is 6.61 Å². The van der Waals surface area contributed by atoms with Crippen LogP contribution in [0.25, 0.3) is 22.2 Å². The number of carbonyl (C=O) groups is 1. The average molecular weight is 463 g/mol. The van der Waals surface area contributed by atoms with Gasteiger partial charge in [-0.2, -0.15) is 10.4 Å². The van der Waals surface area contributed by atoms with E-state index in [9.17, 15) is 10.1 Å². The van der Waals surface area contributed by atoms with Crippen molar-refractivity contribution < 1.29 is 9.53 Å². The van der Waals surface area contributed by atoms with Gasteiger partial charge >= 0.3 is 0 Å². The summed E-state index contributed by atoms with van der Waals surface area (Å²) < 4.78 is 7.93. The van der Waals surface area contributed by atoms with Gasteiger partial charge in [0, 0.05) is 16.5 Å². The molecule has 1 saturated heterocycles. The lowest BCUT2D eigenvalue weighted by Crippen LogP contribution is -2.27. The number of amides is 1. The van der Waals surface area contributed by atoms with Crippen LogP contribution in [0.4, 0.5) is 0 Å². The van der Waals surface area contributed by atoms with Gasteiger partial charge in [-0.3, -0.25) is 4.79 Å². The molecule has 6 rings (SSSR count). The largest absolute Gasteiger partial charge is 0.355 e. The predicted molar refractivity (Wildman–Crippen MR) is 133 cm³/mol. The highest BCUT2D eigenvalue weighted by atomic mass is 16.5. The topological polar surface area (TPSA) is 79.9 Å². The van der Waals surface area contributed by atoms with Gasteiger partial charge < -0.3 is 10.1 Å². The fourth-order valence-corrected chi connectivity index (χ4v) is 5.31. The number of ether oxygens (including phenoxy) is 1. The molecule has 0 radical (unpaired) electrons. The Morgan fingerprint density at radius 3 is 2.74 bits per heavy atom. The van der Waals surface area contributed by atoms with E-state index in [0.717, 1.165) is 47.8 Å². The zero-order valence-electron chi connectivity index (χ0n) is 19.4. The fraction of sp³-hybridized carbons (Fsp3) is 0.276. The fourth-order valence-electron chi connectivity index (χ4n) is 5.31. The maximum Gasteiger partial charge on any atom is 0.251 e. The highest BCUT2D eigenvalue weighted by Gasteiger charge is 2.27. The molecule has 2 unspecified atom stereocenters. The number of nitrogens with one attached hydrogen (secondary N) is 1. The molecule has 174 valence electrons. The third kappa shape index (κ3) is 3.98. The van der Waals surface area contributed by atoms with Crippen molar-refractivity contribution >= 4 is 16.8 Å². The molecule has 4 aromatic rings. The summed E-state index contributed by atoms with van der Waals surface area (Å²) in [6.07, 6.45) is 3.25. The summed E-state index contributed by atoms with van der Waals surface area (Å²) in [7, 11) is 0. The van der Waals surface area contributed by atoms with Gasteiger partial charge in [0.05, 0.1) is 30.2 Å². The van der Waals surface area contributed by atoms with Gasteiger partial charge in [-0.1, -0.05) is 54.6 Å². The van der Waals surface area contributed by atoms with Crippen molar-refractivity contribution in [1.82, 2.24) is 15.1 Å². The summed E-state index contributed by atoms with van der Waals surface area (Å²) in [6, 6.07) is 26.4. The van der Waals surface area contributed by atoms with Crippen LogP contribution in [0, 0.1) is 17.2 Å². The van der Waals surface area contributed by atoms with Crippen LogP contribution in [0.2, 0.25) is 0 Å². The Labute approximate surface area is 204 Å². The third-order valence-corrected chi connectivity index (χ3v) is 7.16. The van der Waals surface area contributed by atoms with Crippen molar-refractivity contribution in [2.24, 2.45) is 5.92 Å². The minimum atomic E-state index is -0.202. The van der Waals surface area contributed by atoms with E-state index in [2.05, 4.69) is 35.7 Å². The monoisotopic (exact) mass is 462 g/mol. The first kappa shape index (κ1) is 21.6. The van der Waals surface area contributed by atoms with Crippen LogP contribution in [-0.4, -0.2) is 22.3 Å². The van der Waals surface area contributed by atoms with Crippen LogP contribution in [0.5, 0.6) is 0 Å². The molecule has 0 bridgehead atoms. The van der Waals surface area contributed by atoms with E-state index in [4.69, 9.17) is 9.84 Å². The second kappa shape index (κ2) is 9.01.